The highest BCUT2D eigenvalue weighted by molar-refractivity contribution is 14.1. The van der Waals surface area contributed by atoms with Crippen molar-refractivity contribution in [2.24, 2.45) is 0 Å². The van der Waals surface area contributed by atoms with E-state index < -0.39 is 0 Å². The highest BCUT2D eigenvalue weighted by Gasteiger charge is 2.35. The van der Waals surface area contributed by atoms with Gasteiger partial charge in [-0.05, 0) is 74.4 Å². The fraction of sp³-hybridized carbons (Fsp3) is 0.0667. The van der Waals surface area contributed by atoms with Gasteiger partial charge in [-0.2, -0.15) is 0 Å². The van der Waals surface area contributed by atoms with Crippen LogP contribution >= 0.6 is 38.5 Å². The second kappa shape index (κ2) is 5.49. The largest absolute Gasteiger partial charge is 0.270 e. The number of carbonyl (C=O) groups excluding carboxylic acids is 2. The van der Waals surface area contributed by atoms with Crippen molar-refractivity contribution in [1.82, 2.24) is 4.90 Å². The predicted molar refractivity (Wildman–Crippen MR) is 87.5 cm³/mol. The van der Waals surface area contributed by atoms with Crippen molar-refractivity contribution in [2.75, 3.05) is 0 Å². The van der Waals surface area contributed by atoms with E-state index in [1.807, 2.05) is 0 Å². The Hall–Kier alpha value is -1.28. The van der Waals surface area contributed by atoms with Crippen LogP contribution in [0.25, 0.3) is 0 Å². The lowest BCUT2D eigenvalue weighted by Crippen LogP contribution is -2.29. The lowest BCUT2D eigenvalue weighted by molar-refractivity contribution is 0.0642. The molecule has 0 fully saturated rings. The van der Waals surface area contributed by atoms with Gasteiger partial charge >= 0.3 is 0 Å². The van der Waals surface area contributed by atoms with Gasteiger partial charge in [-0.15, -0.1) is 0 Å². The van der Waals surface area contributed by atoms with Gasteiger partial charge in [-0.3, -0.25) is 14.5 Å². The zero-order chi connectivity index (χ0) is 15.1. The van der Waals surface area contributed by atoms with E-state index in [0.717, 1.165) is 3.57 Å². The Kier molecular flexibility index (Phi) is 3.83. The van der Waals surface area contributed by atoms with E-state index in [9.17, 15) is 14.0 Å². The van der Waals surface area contributed by atoms with Crippen LogP contribution in [0.15, 0.2) is 40.9 Å². The molecule has 0 bridgehead atoms. The fourth-order valence-electron chi connectivity index (χ4n) is 2.23. The molecule has 0 aromatic heterocycles. The molecule has 0 N–H and O–H groups in total. The lowest BCUT2D eigenvalue weighted by Gasteiger charge is -2.14. The van der Waals surface area contributed by atoms with E-state index >= 15 is 0 Å². The molecule has 0 spiro atoms. The third-order valence-electron chi connectivity index (χ3n) is 3.26. The number of benzene rings is 2. The molecule has 2 aromatic carbocycles. The summed E-state index contributed by atoms with van der Waals surface area (Å²) >= 11 is 5.20. The van der Waals surface area contributed by atoms with Gasteiger partial charge in [0.25, 0.3) is 11.8 Å². The molecular weight excluding hydrogens is 452 g/mol. The van der Waals surface area contributed by atoms with Crippen LogP contribution in [0, 0.1) is 9.39 Å². The first kappa shape index (κ1) is 14.6. The summed E-state index contributed by atoms with van der Waals surface area (Å²) in [5, 5.41) is 0. The minimum Gasteiger partial charge on any atom is -0.270 e. The molecule has 0 saturated carbocycles. The van der Waals surface area contributed by atoms with Gasteiger partial charge in [0.15, 0.2) is 0 Å². The van der Waals surface area contributed by atoms with Crippen molar-refractivity contribution in [1.29, 1.82) is 0 Å². The van der Waals surface area contributed by atoms with Crippen LogP contribution in [0.4, 0.5) is 4.39 Å². The van der Waals surface area contributed by atoms with Crippen LogP contribution in [0.5, 0.6) is 0 Å². The highest BCUT2D eigenvalue weighted by atomic mass is 127. The molecule has 0 atom stereocenters. The Morgan fingerprint density at radius 2 is 1.76 bits per heavy atom. The van der Waals surface area contributed by atoms with Gasteiger partial charge < -0.3 is 0 Å². The SMILES string of the molecule is O=C1c2ccc(I)cc2C(=O)N1Cc1ccc(F)c(Br)c1. The summed E-state index contributed by atoms with van der Waals surface area (Å²) < 4.78 is 14.4. The number of amides is 2. The normalized spacial score (nSPS) is 13.8. The topological polar surface area (TPSA) is 37.4 Å². The maximum absolute atomic E-state index is 13.2. The first-order valence-corrected chi connectivity index (χ1v) is 7.94. The van der Waals surface area contributed by atoms with E-state index in [1.165, 1.54) is 11.0 Å². The van der Waals surface area contributed by atoms with E-state index in [0.29, 0.717) is 21.2 Å². The van der Waals surface area contributed by atoms with E-state index in [2.05, 4.69) is 38.5 Å². The van der Waals surface area contributed by atoms with Gasteiger partial charge in [0.2, 0.25) is 0 Å². The second-order valence-electron chi connectivity index (χ2n) is 4.63. The minimum absolute atomic E-state index is 0.127. The number of carbonyl (C=O) groups is 2. The van der Waals surface area contributed by atoms with E-state index in [-0.39, 0.29) is 24.2 Å². The molecule has 2 aromatic rings. The number of rotatable bonds is 2. The summed E-state index contributed by atoms with van der Waals surface area (Å²) in [5.41, 5.74) is 1.53. The van der Waals surface area contributed by atoms with Crippen molar-refractivity contribution in [2.45, 2.75) is 6.54 Å². The quantitative estimate of drug-likeness (QED) is 0.503. The maximum atomic E-state index is 13.2. The third-order valence-corrected chi connectivity index (χ3v) is 4.54. The molecule has 0 unspecified atom stereocenters. The third kappa shape index (κ3) is 2.62. The van der Waals surface area contributed by atoms with Gasteiger partial charge in [-0.25, -0.2) is 4.39 Å². The molecule has 0 radical (unpaired) electrons. The second-order valence-corrected chi connectivity index (χ2v) is 6.73. The van der Waals surface area contributed by atoms with E-state index in [1.54, 1.807) is 30.3 Å². The summed E-state index contributed by atoms with van der Waals surface area (Å²) in [7, 11) is 0. The van der Waals surface area contributed by atoms with Gasteiger partial charge in [0.1, 0.15) is 5.82 Å². The van der Waals surface area contributed by atoms with Crippen LogP contribution in [-0.2, 0) is 6.54 Å². The van der Waals surface area contributed by atoms with Gasteiger partial charge in [0, 0.05) is 3.57 Å². The van der Waals surface area contributed by atoms with Crippen molar-refractivity contribution >= 4 is 50.3 Å². The number of hydrogen-bond acceptors (Lipinski definition) is 2. The van der Waals surface area contributed by atoms with Crippen molar-refractivity contribution in [3.05, 3.63) is 66.9 Å². The van der Waals surface area contributed by atoms with Crippen molar-refractivity contribution in [3.8, 4) is 0 Å². The zero-order valence-corrected chi connectivity index (χ0v) is 14.3. The molecule has 1 aliphatic heterocycles. The maximum Gasteiger partial charge on any atom is 0.261 e. The molecule has 106 valence electrons. The molecule has 21 heavy (non-hydrogen) atoms. The van der Waals surface area contributed by atoms with Crippen LogP contribution < -0.4 is 0 Å². The van der Waals surface area contributed by atoms with Crippen LogP contribution in [0.3, 0.4) is 0 Å². The molecule has 2 amide bonds. The number of fused-ring (bicyclic) bond motifs is 1. The zero-order valence-electron chi connectivity index (χ0n) is 10.6. The summed E-state index contributed by atoms with van der Waals surface area (Å²) in [6.45, 7) is 0.127. The number of hydrogen-bond donors (Lipinski definition) is 0. The van der Waals surface area contributed by atoms with Gasteiger partial charge in [-0.1, -0.05) is 6.07 Å². The molecule has 0 saturated heterocycles. The first-order chi connectivity index (χ1) is 9.97. The average molecular weight is 460 g/mol. The van der Waals surface area contributed by atoms with E-state index in [4.69, 9.17) is 0 Å². The van der Waals surface area contributed by atoms with Gasteiger partial charge in [0.05, 0.1) is 22.1 Å². The molecule has 3 rings (SSSR count). The Labute approximate surface area is 142 Å². The number of halogens is 3. The summed E-state index contributed by atoms with van der Waals surface area (Å²) in [4.78, 5) is 25.8. The Morgan fingerprint density at radius 3 is 2.48 bits per heavy atom. The lowest BCUT2D eigenvalue weighted by atomic mass is 10.1. The van der Waals surface area contributed by atoms with Crippen LogP contribution in [0.1, 0.15) is 26.3 Å². The Morgan fingerprint density at radius 1 is 1.05 bits per heavy atom. The smallest absolute Gasteiger partial charge is 0.261 e. The summed E-state index contributed by atoms with van der Waals surface area (Å²) in [6.07, 6.45) is 0. The monoisotopic (exact) mass is 459 g/mol. The molecule has 1 aliphatic rings. The minimum atomic E-state index is -0.379. The van der Waals surface area contributed by atoms with Crippen molar-refractivity contribution in [3.63, 3.8) is 0 Å². The van der Waals surface area contributed by atoms with Crippen molar-refractivity contribution < 1.29 is 14.0 Å². The standard InChI is InChI=1S/C15H8BrFINO2/c16-12-5-8(1-4-13(12)17)7-19-14(20)10-3-2-9(18)6-11(10)15(19)21/h1-6H,7H2. The molecular formula is C15H8BrFINO2. The summed E-state index contributed by atoms with van der Waals surface area (Å²) in [6, 6.07) is 9.60. The first-order valence-electron chi connectivity index (χ1n) is 6.07. The predicted octanol–water partition coefficient (Wildman–Crippen LogP) is 3.99. The highest BCUT2D eigenvalue weighted by Crippen LogP contribution is 2.27. The fourth-order valence-corrected chi connectivity index (χ4v) is 3.14. The molecule has 3 nitrogen and oxygen atoms in total. The van der Waals surface area contributed by atoms with Crippen LogP contribution in [-0.4, -0.2) is 16.7 Å². The molecule has 0 aliphatic carbocycles. The Bertz CT molecular complexity index is 778. The average Bonchev–Trinajstić information content (AvgIpc) is 2.68. The number of imide groups is 1. The molecule has 1 heterocycles. The number of nitrogens with zero attached hydrogens (tertiary/aromatic N) is 1. The Balaban J connectivity index is 1.93. The summed E-state index contributed by atoms with van der Waals surface area (Å²) in [5.74, 6) is -1.00. The molecule has 6 heteroatoms. The van der Waals surface area contributed by atoms with Crippen LogP contribution in [0.2, 0.25) is 0 Å².